The summed E-state index contributed by atoms with van der Waals surface area (Å²) in [6.07, 6.45) is 5.50. The molecule has 18 heavy (non-hydrogen) atoms. The number of rotatable bonds is 4. The smallest absolute Gasteiger partial charge is 0.293 e. The summed E-state index contributed by atoms with van der Waals surface area (Å²) in [6.45, 7) is 7.69. The van der Waals surface area contributed by atoms with Gasteiger partial charge in [0.2, 0.25) is 0 Å². The van der Waals surface area contributed by atoms with Crippen LogP contribution in [0.25, 0.3) is 0 Å². The Balaban J connectivity index is 2.31. The van der Waals surface area contributed by atoms with Crippen LogP contribution in [-0.4, -0.2) is 35.2 Å². The number of piperazine rings is 1. The van der Waals surface area contributed by atoms with Gasteiger partial charge in [-0.25, -0.2) is 4.98 Å². The molecule has 0 aliphatic carbocycles. The Labute approximate surface area is 108 Å². The topological polar surface area (TPSA) is 50.2 Å². The fourth-order valence-electron chi connectivity index (χ4n) is 2.45. The Kier molecular flexibility index (Phi) is 4.36. The van der Waals surface area contributed by atoms with Gasteiger partial charge in [0.05, 0.1) is 0 Å². The Morgan fingerprint density at radius 1 is 1.50 bits per heavy atom. The standard InChI is InChI=1S/C13H22N4O/c1-3-7-16-8-6-15-12(13(16)18)17-9-5-14-10-11(17)4-2/h6,8,11,14H,3-5,7,9-10H2,1-2H3. The third kappa shape index (κ3) is 2.56. The van der Waals surface area contributed by atoms with Crippen molar-refractivity contribution in [3.05, 3.63) is 22.7 Å². The van der Waals surface area contributed by atoms with Crippen molar-refractivity contribution < 1.29 is 0 Å². The lowest BCUT2D eigenvalue weighted by molar-refractivity contribution is 0.459. The number of nitrogens with zero attached hydrogens (tertiary/aromatic N) is 3. The zero-order valence-electron chi connectivity index (χ0n) is 11.2. The summed E-state index contributed by atoms with van der Waals surface area (Å²) in [5.41, 5.74) is 0.0414. The van der Waals surface area contributed by atoms with Gasteiger partial charge in [0.25, 0.3) is 5.56 Å². The van der Waals surface area contributed by atoms with E-state index in [0.29, 0.717) is 11.9 Å². The molecule has 5 heteroatoms. The first-order valence-corrected chi connectivity index (χ1v) is 6.80. The summed E-state index contributed by atoms with van der Waals surface area (Å²) >= 11 is 0. The van der Waals surface area contributed by atoms with Crippen molar-refractivity contribution in [2.75, 3.05) is 24.5 Å². The highest BCUT2D eigenvalue weighted by atomic mass is 16.1. The molecule has 1 aromatic rings. The molecule has 5 nitrogen and oxygen atoms in total. The second-order valence-corrected chi connectivity index (χ2v) is 4.71. The maximum absolute atomic E-state index is 12.4. The molecule has 1 unspecified atom stereocenters. The van der Waals surface area contributed by atoms with E-state index in [-0.39, 0.29) is 5.56 Å². The molecular formula is C13H22N4O. The van der Waals surface area contributed by atoms with Gasteiger partial charge in [-0.15, -0.1) is 0 Å². The second kappa shape index (κ2) is 6.00. The van der Waals surface area contributed by atoms with Crippen LogP contribution >= 0.6 is 0 Å². The van der Waals surface area contributed by atoms with E-state index in [2.05, 4.69) is 29.0 Å². The van der Waals surface area contributed by atoms with Gasteiger partial charge < -0.3 is 14.8 Å². The quantitative estimate of drug-likeness (QED) is 0.860. The molecule has 100 valence electrons. The van der Waals surface area contributed by atoms with E-state index in [1.54, 1.807) is 17.0 Å². The first kappa shape index (κ1) is 13.1. The van der Waals surface area contributed by atoms with Gasteiger partial charge in [0.1, 0.15) is 0 Å². The molecule has 0 radical (unpaired) electrons. The van der Waals surface area contributed by atoms with Crippen LogP contribution in [0.15, 0.2) is 17.2 Å². The maximum atomic E-state index is 12.4. The summed E-state index contributed by atoms with van der Waals surface area (Å²) in [7, 11) is 0. The Bertz CT molecular complexity index is 443. The molecule has 0 spiro atoms. The van der Waals surface area contributed by atoms with Crippen LogP contribution in [0.1, 0.15) is 26.7 Å². The fraction of sp³-hybridized carbons (Fsp3) is 0.692. The number of hydrogen-bond acceptors (Lipinski definition) is 4. The third-order valence-electron chi connectivity index (χ3n) is 3.45. The molecule has 1 saturated heterocycles. The number of aryl methyl sites for hydroxylation is 1. The summed E-state index contributed by atoms with van der Waals surface area (Å²) < 4.78 is 1.76. The van der Waals surface area contributed by atoms with Crippen LogP contribution in [0.3, 0.4) is 0 Å². The zero-order chi connectivity index (χ0) is 13.0. The molecule has 1 aromatic heterocycles. The molecular weight excluding hydrogens is 228 g/mol. The van der Waals surface area contributed by atoms with Gasteiger partial charge in [-0.1, -0.05) is 13.8 Å². The molecule has 1 aliphatic heterocycles. The summed E-state index contributed by atoms with van der Waals surface area (Å²) in [6, 6.07) is 0.372. The van der Waals surface area contributed by atoms with Crippen LogP contribution in [0.4, 0.5) is 5.82 Å². The first-order chi connectivity index (χ1) is 8.77. The first-order valence-electron chi connectivity index (χ1n) is 6.80. The van der Waals surface area contributed by atoms with Crippen molar-refractivity contribution in [1.82, 2.24) is 14.9 Å². The molecule has 0 saturated carbocycles. The molecule has 1 atom stereocenters. The van der Waals surface area contributed by atoms with Crippen molar-refractivity contribution in [2.24, 2.45) is 0 Å². The van der Waals surface area contributed by atoms with Gasteiger partial charge in [0.15, 0.2) is 5.82 Å². The highest BCUT2D eigenvalue weighted by Crippen LogP contribution is 2.13. The molecule has 2 heterocycles. The minimum absolute atomic E-state index is 0.0414. The van der Waals surface area contributed by atoms with Crippen LogP contribution in [0.2, 0.25) is 0 Å². The van der Waals surface area contributed by atoms with Crippen LogP contribution in [0, 0.1) is 0 Å². The molecule has 0 aromatic carbocycles. The van der Waals surface area contributed by atoms with E-state index in [1.165, 1.54) is 0 Å². The average Bonchev–Trinajstić information content (AvgIpc) is 2.41. The van der Waals surface area contributed by atoms with Crippen LogP contribution < -0.4 is 15.8 Å². The van der Waals surface area contributed by atoms with Gasteiger partial charge in [-0.3, -0.25) is 4.79 Å². The van der Waals surface area contributed by atoms with Crippen molar-refractivity contribution >= 4 is 5.82 Å². The number of nitrogens with one attached hydrogen (secondary N) is 1. The van der Waals surface area contributed by atoms with Crippen molar-refractivity contribution in [3.8, 4) is 0 Å². The fourth-order valence-corrected chi connectivity index (χ4v) is 2.45. The van der Waals surface area contributed by atoms with Crippen LogP contribution in [-0.2, 0) is 6.54 Å². The number of anilines is 1. The minimum atomic E-state index is 0.0414. The lowest BCUT2D eigenvalue weighted by atomic mass is 10.1. The lowest BCUT2D eigenvalue weighted by Gasteiger charge is -2.36. The van der Waals surface area contributed by atoms with Gasteiger partial charge in [0, 0.05) is 44.6 Å². The van der Waals surface area contributed by atoms with E-state index < -0.39 is 0 Å². The second-order valence-electron chi connectivity index (χ2n) is 4.71. The van der Waals surface area contributed by atoms with Gasteiger partial charge in [-0.2, -0.15) is 0 Å². The molecule has 1 aliphatic rings. The van der Waals surface area contributed by atoms with Crippen LogP contribution in [0.5, 0.6) is 0 Å². The van der Waals surface area contributed by atoms with E-state index in [0.717, 1.165) is 39.0 Å². The highest BCUT2D eigenvalue weighted by molar-refractivity contribution is 5.38. The van der Waals surface area contributed by atoms with Crippen molar-refractivity contribution in [1.29, 1.82) is 0 Å². The molecule has 0 amide bonds. The Morgan fingerprint density at radius 3 is 3.06 bits per heavy atom. The van der Waals surface area contributed by atoms with E-state index in [4.69, 9.17) is 0 Å². The van der Waals surface area contributed by atoms with E-state index in [9.17, 15) is 4.79 Å². The van der Waals surface area contributed by atoms with E-state index >= 15 is 0 Å². The Hall–Kier alpha value is -1.36. The van der Waals surface area contributed by atoms with Gasteiger partial charge >= 0.3 is 0 Å². The normalized spacial score (nSPS) is 20.1. The SMILES string of the molecule is CCCn1ccnc(N2CCNCC2CC)c1=O. The average molecular weight is 250 g/mol. The molecule has 0 bridgehead atoms. The minimum Gasteiger partial charge on any atom is -0.346 e. The monoisotopic (exact) mass is 250 g/mol. The van der Waals surface area contributed by atoms with E-state index in [1.807, 2.05) is 0 Å². The zero-order valence-corrected chi connectivity index (χ0v) is 11.2. The predicted molar refractivity (Wildman–Crippen MR) is 73.1 cm³/mol. The van der Waals surface area contributed by atoms with Gasteiger partial charge in [-0.05, 0) is 12.8 Å². The number of hydrogen-bond donors (Lipinski definition) is 1. The van der Waals surface area contributed by atoms with Crippen molar-refractivity contribution in [2.45, 2.75) is 39.3 Å². The summed E-state index contributed by atoms with van der Waals surface area (Å²) in [5.74, 6) is 0.610. The highest BCUT2D eigenvalue weighted by Gasteiger charge is 2.24. The molecule has 1 N–H and O–H groups in total. The summed E-state index contributed by atoms with van der Waals surface area (Å²) in [4.78, 5) is 18.8. The Morgan fingerprint density at radius 2 is 2.33 bits per heavy atom. The largest absolute Gasteiger partial charge is 0.346 e. The molecule has 1 fully saturated rings. The molecule has 2 rings (SSSR count). The summed E-state index contributed by atoms with van der Waals surface area (Å²) in [5, 5.41) is 3.37. The lowest BCUT2D eigenvalue weighted by Crippen LogP contribution is -2.53. The number of aromatic nitrogens is 2. The van der Waals surface area contributed by atoms with Crippen molar-refractivity contribution in [3.63, 3.8) is 0 Å². The predicted octanol–water partition coefficient (Wildman–Crippen LogP) is 0.841. The third-order valence-corrected chi connectivity index (χ3v) is 3.45. The maximum Gasteiger partial charge on any atom is 0.293 e.